The fourth-order valence-corrected chi connectivity index (χ4v) is 2.94. The van der Waals surface area contributed by atoms with Crippen LogP contribution in [0.2, 0.25) is 0 Å². The number of benzene rings is 1. The molecule has 8 heteroatoms. The smallest absolute Gasteiger partial charge is 0.374 e. The van der Waals surface area contributed by atoms with Gasteiger partial charge in [-0.15, -0.1) is 0 Å². The molecule has 8 nitrogen and oxygen atoms in total. The van der Waals surface area contributed by atoms with Gasteiger partial charge in [0.15, 0.2) is 0 Å². The summed E-state index contributed by atoms with van der Waals surface area (Å²) in [7, 11) is 0. The van der Waals surface area contributed by atoms with Crippen LogP contribution in [0.15, 0.2) is 63.7 Å². The van der Waals surface area contributed by atoms with E-state index in [2.05, 4.69) is 5.10 Å². The molecule has 0 fully saturated rings. The summed E-state index contributed by atoms with van der Waals surface area (Å²) in [6.07, 6.45) is 3.45. The first kappa shape index (κ1) is 18.5. The first-order valence-corrected chi connectivity index (χ1v) is 9.06. The molecule has 0 N–H and O–H groups in total. The number of furan rings is 2. The van der Waals surface area contributed by atoms with E-state index < -0.39 is 11.9 Å². The van der Waals surface area contributed by atoms with E-state index in [4.69, 9.17) is 18.3 Å². The van der Waals surface area contributed by atoms with E-state index in [1.807, 2.05) is 6.07 Å². The topological polar surface area (TPSA) is 96.7 Å². The molecule has 1 aromatic carbocycles. The molecule has 0 bridgehead atoms. The maximum atomic E-state index is 12.4. The average Bonchev–Trinajstić information content (AvgIpc) is 3.47. The van der Waals surface area contributed by atoms with Crippen molar-refractivity contribution in [2.75, 3.05) is 6.61 Å². The second-order valence-electron chi connectivity index (χ2n) is 6.17. The molecule has 4 rings (SSSR count). The maximum Gasteiger partial charge on any atom is 0.374 e. The van der Waals surface area contributed by atoms with Gasteiger partial charge >= 0.3 is 11.9 Å². The number of aromatic nitrogens is 2. The zero-order valence-corrected chi connectivity index (χ0v) is 15.7. The second-order valence-corrected chi connectivity index (χ2v) is 6.17. The van der Waals surface area contributed by atoms with Crippen LogP contribution in [0.4, 0.5) is 0 Å². The molecule has 0 saturated carbocycles. The second kappa shape index (κ2) is 8.05. The lowest BCUT2D eigenvalue weighted by Gasteiger charge is -2.04. The molecule has 0 atom stereocenters. The maximum absolute atomic E-state index is 12.4. The lowest BCUT2D eigenvalue weighted by atomic mass is 10.1. The van der Waals surface area contributed by atoms with E-state index in [0.29, 0.717) is 28.8 Å². The Kier molecular flexibility index (Phi) is 5.15. The Labute approximate surface area is 165 Å². The van der Waals surface area contributed by atoms with Gasteiger partial charge in [0.2, 0.25) is 11.5 Å². The number of nitrogens with zero attached hydrogens (tertiary/aromatic N) is 2. The van der Waals surface area contributed by atoms with Gasteiger partial charge in [-0.2, -0.15) is 5.10 Å². The molecule has 3 aromatic heterocycles. The minimum Gasteiger partial charge on any atom is -0.460 e. The number of ether oxygens (including phenoxy) is 2. The van der Waals surface area contributed by atoms with Crippen LogP contribution in [0.25, 0.3) is 11.0 Å². The minimum atomic E-state index is -0.642. The molecule has 0 spiro atoms. The summed E-state index contributed by atoms with van der Waals surface area (Å²) in [6.45, 7) is 2.16. The summed E-state index contributed by atoms with van der Waals surface area (Å²) < 4.78 is 23.3. The third-order valence-electron chi connectivity index (χ3n) is 4.25. The van der Waals surface area contributed by atoms with Crippen LogP contribution in [-0.2, 0) is 22.6 Å². The number of para-hydroxylation sites is 1. The molecule has 0 radical (unpaired) electrons. The number of hydrogen-bond donors (Lipinski definition) is 0. The Morgan fingerprint density at radius 1 is 1.03 bits per heavy atom. The summed E-state index contributed by atoms with van der Waals surface area (Å²) in [5.74, 6) is -0.579. The van der Waals surface area contributed by atoms with Gasteiger partial charge in [-0.05, 0) is 31.2 Å². The highest BCUT2D eigenvalue weighted by molar-refractivity contribution is 5.96. The van der Waals surface area contributed by atoms with Crippen LogP contribution < -0.4 is 0 Å². The van der Waals surface area contributed by atoms with Crippen LogP contribution in [-0.4, -0.2) is 28.3 Å². The molecule has 0 aliphatic heterocycles. The van der Waals surface area contributed by atoms with E-state index in [1.165, 1.54) is 0 Å². The molecule has 0 amide bonds. The van der Waals surface area contributed by atoms with Gasteiger partial charge in [0.1, 0.15) is 18.0 Å². The standard InChI is InChI=1S/C21H18N2O6/c1-2-26-21(25)19-16(15-6-3-4-7-17(15)29-19)13-27-20(24)18-9-8-14(28-18)12-23-11-5-10-22-23/h3-11H,2,12-13H2,1H3. The van der Waals surface area contributed by atoms with Gasteiger partial charge in [0.05, 0.1) is 18.7 Å². The molecule has 3 heterocycles. The molecule has 148 valence electrons. The minimum absolute atomic E-state index is 0.0275. The van der Waals surface area contributed by atoms with Crippen molar-refractivity contribution in [1.29, 1.82) is 0 Å². The molecular formula is C21H18N2O6. The molecule has 4 aromatic rings. The summed E-state index contributed by atoms with van der Waals surface area (Å²) in [5, 5.41) is 4.77. The van der Waals surface area contributed by atoms with Crippen molar-refractivity contribution in [2.45, 2.75) is 20.1 Å². The summed E-state index contributed by atoms with van der Waals surface area (Å²) in [5.41, 5.74) is 0.969. The van der Waals surface area contributed by atoms with Crippen molar-refractivity contribution < 1.29 is 27.9 Å². The third-order valence-corrected chi connectivity index (χ3v) is 4.25. The summed E-state index contributed by atoms with van der Waals surface area (Å²) in [4.78, 5) is 24.6. The Bertz CT molecular complexity index is 1140. The van der Waals surface area contributed by atoms with Gasteiger partial charge in [-0.25, -0.2) is 9.59 Å². The number of carbonyl (C=O) groups is 2. The zero-order chi connectivity index (χ0) is 20.2. The predicted molar refractivity (Wildman–Crippen MR) is 101 cm³/mol. The van der Waals surface area contributed by atoms with E-state index in [9.17, 15) is 9.59 Å². The Balaban J connectivity index is 1.50. The van der Waals surface area contributed by atoms with Crippen LogP contribution >= 0.6 is 0 Å². The van der Waals surface area contributed by atoms with Gasteiger partial charge in [-0.3, -0.25) is 4.68 Å². The number of fused-ring (bicyclic) bond motifs is 1. The lowest BCUT2D eigenvalue weighted by molar-refractivity contribution is 0.0409. The quantitative estimate of drug-likeness (QED) is 0.440. The summed E-state index contributed by atoms with van der Waals surface area (Å²) in [6, 6.07) is 12.2. The van der Waals surface area contributed by atoms with Crippen molar-refractivity contribution >= 4 is 22.9 Å². The van der Waals surface area contributed by atoms with E-state index >= 15 is 0 Å². The van der Waals surface area contributed by atoms with E-state index in [0.717, 1.165) is 0 Å². The largest absolute Gasteiger partial charge is 0.460 e. The Morgan fingerprint density at radius 3 is 2.69 bits per heavy atom. The highest BCUT2D eigenvalue weighted by Crippen LogP contribution is 2.27. The van der Waals surface area contributed by atoms with Crippen molar-refractivity contribution in [1.82, 2.24) is 9.78 Å². The Morgan fingerprint density at radius 2 is 1.90 bits per heavy atom. The van der Waals surface area contributed by atoms with Gasteiger partial charge in [0.25, 0.3) is 0 Å². The van der Waals surface area contributed by atoms with Crippen molar-refractivity contribution in [3.63, 3.8) is 0 Å². The number of esters is 2. The first-order valence-electron chi connectivity index (χ1n) is 9.06. The van der Waals surface area contributed by atoms with Crippen molar-refractivity contribution in [3.8, 4) is 0 Å². The Hall–Kier alpha value is -3.81. The zero-order valence-electron chi connectivity index (χ0n) is 15.7. The molecule has 29 heavy (non-hydrogen) atoms. The molecule has 0 aliphatic rings. The monoisotopic (exact) mass is 394 g/mol. The first-order chi connectivity index (χ1) is 14.2. The number of hydrogen-bond acceptors (Lipinski definition) is 7. The van der Waals surface area contributed by atoms with Gasteiger partial charge in [-0.1, -0.05) is 18.2 Å². The third kappa shape index (κ3) is 3.91. The average molecular weight is 394 g/mol. The van der Waals surface area contributed by atoms with Crippen LogP contribution in [0, 0.1) is 0 Å². The van der Waals surface area contributed by atoms with Crippen molar-refractivity contribution in [2.24, 2.45) is 0 Å². The highest BCUT2D eigenvalue weighted by atomic mass is 16.6. The van der Waals surface area contributed by atoms with Gasteiger partial charge < -0.3 is 18.3 Å². The fourth-order valence-electron chi connectivity index (χ4n) is 2.94. The summed E-state index contributed by atoms with van der Waals surface area (Å²) >= 11 is 0. The van der Waals surface area contributed by atoms with Crippen LogP contribution in [0.3, 0.4) is 0 Å². The molecule has 0 saturated heterocycles. The molecular weight excluding hydrogens is 376 g/mol. The molecule has 0 aliphatic carbocycles. The SMILES string of the molecule is CCOC(=O)c1oc2ccccc2c1COC(=O)c1ccc(Cn2cccn2)o1. The van der Waals surface area contributed by atoms with Crippen LogP contribution in [0.1, 0.15) is 39.4 Å². The fraction of sp³-hybridized carbons (Fsp3) is 0.190. The lowest BCUT2D eigenvalue weighted by Crippen LogP contribution is -2.09. The van der Waals surface area contributed by atoms with E-state index in [1.54, 1.807) is 60.4 Å². The van der Waals surface area contributed by atoms with Gasteiger partial charge in [0, 0.05) is 17.8 Å². The van der Waals surface area contributed by atoms with Crippen LogP contribution in [0.5, 0.6) is 0 Å². The number of rotatable bonds is 7. The molecule has 0 unspecified atom stereocenters. The van der Waals surface area contributed by atoms with E-state index in [-0.39, 0.29) is 24.7 Å². The normalized spacial score (nSPS) is 10.9. The highest BCUT2D eigenvalue weighted by Gasteiger charge is 2.23. The predicted octanol–water partition coefficient (Wildman–Crippen LogP) is 3.80. The number of carbonyl (C=O) groups excluding carboxylic acids is 2. The van der Waals surface area contributed by atoms with Crippen molar-refractivity contribution in [3.05, 3.63) is 77.7 Å².